The minimum absolute atomic E-state index is 0.213. The summed E-state index contributed by atoms with van der Waals surface area (Å²) in [5, 5.41) is 4.16. The van der Waals surface area contributed by atoms with Crippen LogP contribution in [0.5, 0.6) is 0 Å². The molecule has 3 nitrogen and oxygen atoms in total. The second-order valence-corrected chi connectivity index (χ2v) is 2.44. The zero-order chi connectivity index (χ0) is 8.43. The molecule has 0 saturated heterocycles. The van der Waals surface area contributed by atoms with Gasteiger partial charge in [-0.25, -0.2) is 0 Å². The summed E-state index contributed by atoms with van der Waals surface area (Å²) >= 11 is 5.67. The summed E-state index contributed by atoms with van der Waals surface area (Å²) in [6.07, 6.45) is 2.64. The molecule has 11 heavy (non-hydrogen) atoms. The van der Waals surface area contributed by atoms with Gasteiger partial charge in [0.05, 0.1) is 11.2 Å². The third-order valence-corrected chi connectivity index (χ3v) is 1.59. The molecule has 1 heterocycles. The Bertz CT molecular complexity index is 284. The number of halogens is 1. The first-order chi connectivity index (χ1) is 5.16. The number of rotatable bonds is 2. The Morgan fingerprint density at radius 1 is 1.91 bits per heavy atom. The highest BCUT2D eigenvalue weighted by Crippen LogP contribution is 2.14. The van der Waals surface area contributed by atoms with Crippen molar-refractivity contribution in [3.05, 3.63) is 29.6 Å². The highest BCUT2D eigenvalue weighted by molar-refractivity contribution is 6.34. The second kappa shape index (κ2) is 2.88. The van der Waals surface area contributed by atoms with E-state index in [0.717, 1.165) is 0 Å². The first-order valence-electron chi connectivity index (χ1n) is 3.01. The van der Waals surface area contributed by atoms with E-state index in [0.29, 0.717) is 10.7 Å². The van der Waals surface area contributed by atoms with Crippen molar-refractivity contribution in [2.75, 3.05) is 0 Å². The topological polar surface area (TPSA) is 34.9 Å². The lowest BCUT2D eigenvalue weighted by Gasteiger charge is -1.95. The molecule has 0 aliphatic heterocycles. The summed E-state index contributed by atoms with van der Waals surface area (Å²) in [7, 11) is 1.66. The van der Waals surface area contributed by atoms with E-state index in [4.69, 9.17) is 11.6 Å². The SMILES string of the molecule is C=CC(=O)c1c(Cl)cnn1C. The largest absolute Gasteiger partial charge is 0.288 e. The summed E-state index contributed by atoms with van der Waals surface area (Å²) in [5.41, 5.74) is 0.377. The van der Waals surface area contributed by atoms with E-state index >= 15 is 0 Å². The minimum atomic E-state index is -0.213. The van der Waals surface area contributed by atoms with Gasteiger partial charge in [0, 0.05) is 7.05 Å². The molecule has 0 spiro atoms. The molecule has 58 valence electrons. The van der Waals surface area contributed by atoms with Crippen molar-refractivity contribution < 1.29 is 4.79 Å². The van der Waals surface area contributed by atoms with Crippen LogP contribution < -0.4 is 0 Å². The Labute approximate surface area is 69.3 Å². The minimum Gasteiger partial charge on any atom is -0.288 e. The quantitative estimate of drug-likeness (QED) is 0.497. The summed E-state index contributed by atoms with van der Waals surface area (Å²) in [6.45, 7) is 3.35. The smallest absolute Gasteiger partial charge is 0.204 e. The van der Waals surface area contributed by atoms with E-state index in [1.807, 2.05) is 0 Å². The van der Waals surface area contributed by atoms with Crippen molar-refractivity contribution >= 4 is 17.4 Å². The lowest BCUT2D eigenvalue weighted by molar-refractivity contribution is 0.103. The maximum Gasteiger partial charge on any atom is 0.204 e. The van der Waals surface area contributed by atoms with Gasteiger partial charge in [0.25, 0.3) is 0 Å². The van der Waals surface area contributed by atoms with Crippen molar-refractivity contribution in [2.45, 2.75) is 0 Å². The van der Waals surface area contributed by atoms with Crippen LogP contribution in [0.15, 0.2) is 18.9 Å². The third kappa shape index (κ3) is 1.33. The fourth-order valence-electron chi connectivity index (χ4n) is 0.785. The first-order valence-corrected chi connectivity index (χ1v) is 3.39. The number of allylic oxidation sites excluding steroid dienone is 1. The highest BCUT2D eigenvalue weighted by atomic mass is 35.5. The van der Waals surface area contributed by atoms with Gasteiger partial charge in [-0.15, -0.1) is 0 Å². The second-order valence-electron chi connectivity index (χ2n) is 2.03. The van der Waals surface area contributed by atoms with E-state index in [-0.39, 0.29) is 5.78 Å². The molecule has 1 rings (SSSR count). The van der Waals surface area contributed by atoms with Crippen LogP contribution in [-0.2, 0) is 7.05 Å². The number of hydrogen-bond acceptors (Lipinski definition) is 2. The van der Waals surface area contributed by atoms with Gasteiger partial charge in [-0.3, -0.25) is 9.48 Å². The molecule has 0 fully saturated rings. The predicted octanol–water partition coefficient (Wildman–Crippen LogP) is 1.44. The van der Waals surface area contributed by atoms with Crippen molar-refractivity contribution in [1.82, 2.24) is 9.78 Å². The van der Waals surface area contributed by atoms with Crippen molar-refractivity contribution in [3.63, 3.8) is 0 Å². The van der Waals surface area contributed by atoms with Crippen molar-refractivity contribution in [3.8, 4) is 0 Å². The average molecular weight is 171 g/mol. The summed E-state index contributed by atoms with van der Waals surface area (Å²) in [5.74, 6) is -0.213. The Balaban J connectivity index is 3.20. The van der Waals surface area contributed by atoms with E-state index in [1.165, 1.54) is 17.0 Å². The fourth-order valence-corrected chi connectivity index (χ4v) is 1.04. The lowest BCUT2D eigenvalue weighted by atomic mass is 10.3. The van der Waals surface area contributed by atoms with E-state index in [1.54, 1.807) is 7.05 Å². The van der Waals surface area contributed by atoms with Gasteiger partial charge in [0.2, 0.25) is 5.78 Å². The van der Waals surface area contributed by atoms with E-state index in [9.17, 15) is 4.79 Å². The number of aromatic nitrogens is 2. The molecule has 1 aromatic heterocycles. The Morgan fingerprint density at radius 2 is 2.55 bits per heavy atom. The number of aryl methyl sites for hydroxylation is 1. The van der Waals surface area contributed by atoms with Crippen LogP contribution in [-0.4, -0.2) is 15.6 Å². The number of carbonyl (C=O) groups excluding carboxylic acids is 1. The molecule has 0 aliphatic carbocycles. The molecule has 0 atom stereocenters. The number of ketones is 1. The summed E-state index contributed by atoms with van der Waals surface area (Å²) < 4.78 is 1.42. The van der Waals surface area contributed by atoms with Crippen LogP contribution in [0.2, 0.25) is 5.02 Å². The normalized spacial score (nSPS) is 9.64. The molecule has 0 amide bonds. The molecule has 0 unspecified atom stereocenters. The van der Waals surface area contributed by atoms with E-state index < -0.39 is 0 Å². The zero-order valence-corrected chi connectivity index (χ0v) is 6.80. The summed E-state index contributed by atoms with van der Waals surface area (Å²) in [4.78, 5) is 11.1. The average Bonchev–Trinajstić information content (AvgIpc) is 2.30. The van der Waals surface area contributed by atoms with Crippen LogP contribution in [0, 0.1) is 0 Å². The van der Waals surface area contributed by atoms with E-state index in [2.05, 4.69) is 11.7 Å². The molecule has 4 heteroatoms. The van der Waals surface area contributed by atoms with Crippen LogP contribution in [0.25, 0.3) is 0 Å². The highest BCUT2D eigenvalue weighted by Gasteiger charge is 2.11. The molecule has 1 aromatic rings. The molecule has 0 aliphatic rings. The van der Waals surface area contributed by atoms with Crippen molar-refractivity contribution in [1.29, 1.82) is 0 Å². The van der Waals surface area contributed by atoms with Crippen LogP contribution in [0.3, 0.4) is 0 Å². The maximum atomic E-state index is 11.1. The molecular formula is C7H7ClN2O. The number of carbonyl (C=O) groups is 1. The van der Waals surface area contributed by atoms with Gasteiger partial charge in [0.15, 0.2) is 0 Å². The van der Waals surface area contributed by atoms with Crippen LogP contribution in [0.1, 0.15) is 10.5 Å². The van der Waals surface area contributed by atoms with Gasteiger partial charge in [0.1, 0.15) is 5.69 Å². The van der Waals surface area contributed by atoms with Gasteiger partial charge in [-0.2, -0.15) is 5.10 Å². The van der Waals surface area contributed by atoms with Gasteiger partial charge in [-0.05, 0) is 6.08 Å². The van der Waals surface area contributed by atoms with Gasteiger partial charge < -0.3 is 0 Å². The third-order valence-electron chi connectivity index (χ3n) is 1.31. The molecule has 0 aromatic carbocycles. The van der Waals surface area contributed by atoms with Gasteiger partial charge >= 0.3 is 0 Å². The molecule has 0 saturated carbocycles. The van der Waals surface area contributed by atoms with Crippen LogP contribution >= 0.6 is 11.6 Å². The van der Waals surface area contributed by atoms with Crippen LogP contribution in [0.4, 0.5) is 0 Å². The monoisotopic (exact) mass is 170 g/mol. The molecular weight excluding hydrogens is 164 g/mol. The number of nitrogens with zero attached hydrogens (tertiary/aromatic N) is 2. The first kappa shape index (κ1) is 8.01. The predicted molar refractivity (Wildman–Crippen MR) is 42.7 cm³/mol. The van der Waals surface area contributed by atoms with Gasteiger partial charge in [-0.1, -0.05) is 18.2 Å². The Morgan fingerprint density at radius 3 is 2.91 bits per heavy atom. The standard InChI is InChI=1S/C7H7ClN2O/c1-3-6(11)7-5(8)4-9-10(7)2/h3-4H,1H2,2H3. The summed E-state index contributed by atoms with van der Waals surface area (Å²) in [6, 6.07) is 0. The fraction of sp³-hybridized carbons (Fsp3) is 0.143. The molecule has 0 N–H and O–H groups in total. The number of hydrogen-bond donors (Lipinski definition) is 0. The molecule has 0 radical (unpaired) electrons. The Kier molecular flexibility index (Phi) is 2.10. The lowest BCUT2D eigenvalue weighted by Crippen LogP contribution is -2.04. The Hall–Kier alpha value is -1.09. The zero-order valence-electron chi connectivity index (χ0n) is 6.04. The molecule has 0 bridgehead atoms. The maximum absolute atomic E-state index is 11.1. The van der Waals surface area contributed by atoms with Crippen molar-refractivity contribution in [2.24, 2.45) is 7.05 Å².